The van der Waals surface area contributed by atoms with Crippen LogP contribution in [0.4, 0.5) is 0 Å². The third kappa shape index (κ3) is 5.05. The number of nitrogens with zero attached hydrogens (tertiary/aromatic N) is 1. The molecule has 0 atom stereocenters. The van der Waals surface area contributed by atoms with Gasteiger partial charge < -0.3 is 5.32 Å². The van der Waals surface area contributed by atoms with Crippen LogP contribution >= 0.6 is 11.8 Å². The third-order valence-corrected chi connectivity index (χ3v) is 6.24. The van der Waals surface area contributed by atoms with Crippen molar-refractivity contribution in [2.24, 2.45) is 0 Å². The van der Waals surface area contributed by atoms with Crippen LogP contribution in [0.25, 0.3) is 0 Å². The summed E-state index contributed by atoms with van der Waals surface area (Å²) in [6, 6.07) is 0. The summed E-state index contributed by atoms with van der Waals surface area (Å²) in [6.45, 7) is 4.91. The highest BCUT2D eigenvalue weighted by Gasteiger charge is 2.42. The molecule has 0 amide bonds. The van der Waals surface area contributed by atoms with Gasteiger partial charge in [0, 0.05) is 24.9 Å². The zero-order valence-corrected chi connectivity index (χ0v) is 13.2. The first-order valence-corrected chi connectivity index (χ1v) is 9.09. The van der Waals surface area contributed by atoms with Gasteiger partial charge in [0.05, 0.1) is 0 Å². The van der Waals surface area contributed by atoms with E-state index in [9.17, 15) is 8.42 Å². The molecular formula is C11H25N3O2S2. The lowest BCUT2D eigenvalue weighted by Crippen LogP contribution is -2.42. The Morgan fingerprint density at radius 1 is 1.39 bits per heavy atom. The molecule has 0 bridgehead atoms. The summed E-state index contributed by atoms with van der Waals surface area (Å²) in [5.74, 6) is 0. The van der Waals surface area contributed by atoms with Crippen molar-refractivity contribution < 1.29 is 8.42 Å². The summed E-state index contributed by atoms with van der Waals surface area (Å²) in [7, 11) is -1.68. The van der Waals surface area contributed by atoms with Crippen LogP contribution in [-0.4, -0.2) is 57.0 Å². The second-order valence-corrected chi connectivity index (χ2v) is 7.88. The van der Waals surface area contributed by atoms with E-state index < -0.39 is 10.2 Å². The second-order valence-electron chi connectivity index (χ2n) is 4.74. The highest BCUT2D eigenvalue weighted by atomic mass is 32.2. The van der Waals surface area contributed by atoms with Gasteiger partial charge in [0.2, 0.25) is 0 Å². The molecule has 7 heteroatoms. The minimum atomic E-state index is -3.31. The fraction of sp³-hybridized carbons (Fsp3) is 1.00. The summed E-state index contributed by atoms with van der Waals surface area (Å²) in [5, 5.41) is 3.19. The molecule has 0 saturated heterocycles. The number of thioether (sulfide) groups is 1. The predicted molar refractivity (Wildman–Crippen MR) is 78.2 cm³/mol. The van der Waals surface area contributed by atoms with Gasteiger partial charge >= 0.3 is 0 Å². The molecule has 0 aromatic carbocycles. The Labute approximate surface area is 115 Å². The van der Waals surface area contributed by atoms with Crippen LogP contribution in [0.5, 0.6) is 0 Å². The number of rotatable bonds is 10. The minimum Gasteiger partial charge on any atom is -0.317 e. The molecule has 0 heterocycles. The largest absolute Gasteiger partial charge is 0.317 e. The van der Waals surface area contributed by atoms with Crippen molar-refractivity contribution >= 4 is 22.0 Å². The van der Waals surface area contributed by atoms with Crippen LogP contribution in [0.2, 0.25) is 0 Å². The van der Waals surface area contributed by atoms with Crippen molar-refractivity contribution in [3.8, 4) is 0 Å². The van der Waals surface area contributed by atoms with E-state index in [1.165, 1.54) is 4.31 Å². The maximum absolute atomic E-state index is 12.0. The van der Waals surface area contributed by atoms with E-state index in [1.807, 2.05) is 13.2 Å². The Morgan fingerprint density at radius 3 is 2.56 bits per heavy atom. The van der Waals surface area contributed by atoms with Gasteiger partial charge in [-0.15, -0.1) is 0 Å². The maximum atomic E-state index is 12.0. The van der Waals surface area contributed by atoms with Crippen molar-refractivity contribution in [2.45, 2.75) is 30.9 Å². The summed E-state index contributed by atoms with van der Waals surface area (Å²) in [4.78, 5) is 0. The summed E-state index contributed by atoms with van der Waals surface area (Å²) < 4.78 is 28.2. The fourth-order valence-corrected chi connectivity index (χ4v) is 3.52. The number of hydrogen-bond acceptors (Lipinski definition) is 4. The van der Waals surface area contributed by atoms with E-state index in [1.54, 1.807) is 18.8 Å². The first-order valence-electron chi connectivity index (χ1n) is 6.42. The Bertz CT molecular complexity index is 342. The van der Waals surface area contributed by atoms with Gasteiger partial charge in [-0.3, -0.25) is 0 Å². The van der Waals surface area contributed by atoms with Gasteiger partial charge in [0.1, 0.15) is 0 Å². The van der Waals surface area contributed by atoms with Gasteiger partial charge in [0.25, 0.3) is 10.2 Å². The molecule has 0 aliphatic heterocycles. The quantitative estimate of drug-likeness (QED) is 0.581. The maximum Gasteiger partial charge on any atom is 0.279 e. The molecule has 2 N–H and O–H groups in total. The van der Waals surface area contributed by atoms with Crippen LogP contribution in [0.15, 0.2) is 0 Å². The molecular weight excluding hydrogens is 270 g/mol. The highest BCUT2D eigenvalue weighted by molar-refractivity contribution is 8.00. The minimum absolute atomic E-state index is 0.164. The molecule has 1 aliphatic carbocycles. The van der Waals surface area contributed by atoms with Gasteiger partial charge in [-0.1, -0.05) is 6.92 Å². The number of nitrogens with one attached hydrogen (secondary N) is 2. The van der Waals surface area contributed by atoms with Crippen molar-refractivity contribution in [1.82, 2.24) is 14.3 Å². The van der Waals surface area contributed by atoms with Crippen molar-refractivity contribution in [3.63, 3.8) is 0 Å². The zero-order valence-electron chi connectivity index (χ0n) is 11.5. The third-order valence-electron chi connectivity index (χ3n) is 3.30. The molecule has 0 aromatic heterocycles. The Kier molecular flexibility index (Phi) is 6.40. The number of hydrogen-bond donors (Lipinski definition) is 2. The van der Waals surface area contributed by atoms with E-state index in [4.69, 9.17) is 0 Å². The Balaban J connectivity index is 2.28. The van der Waals surface area contributed by atoms with Crippen molar-refractivity contribution in [3.05, 3.63) is 0 Å². The van der Waals surface area contributed by atoms with Crippen LogP contribution in [0.1, 0.15) is 26.2 Å². The standard InChI is InChI=1S/C11H25N3O2S2/c1-4-12-8-5-9-14(2)18(15,16)13-10-11(17-3)6-7-11/h12-13H,4-10H2,1-3H3. The molecule has 0 spiro atoms. The molecule has 0 aromatic rings. The van der Waals surface area contributed by atoms with Crippen LogP contribution in [-0.2, 0) is 10.2 Å². The average molecular weight is 295 g/mol. The van der Waals surface area contributed by atoms with E-state index >= 15 is 0 Å². The normalized spacial score (nSPS) is 18.2. The van der Waals surface area contributed by atoms with E-state index in [0.717, 1.165) is 32.4 Å². The van der Waals surface area contributed by atoms with Gasteiger partial charge in [0.15, 0.2) is 0 Å². The molecule has 18 heavy (non-hydrogen) atoms. The first-order chi connectivity index (χ1) is 8.46. The zero-order chi connectivity index (χ0) is 13.6. The lowest BCUT2D eigenvalue weighted by atomic mass is 10.4. The van der Waals surface area contributed by atoms with E-state index in [-0.39, 0.29) is 4.75 Å². The van der Waals surface area contributed by atoms with Crippen molar-refractivity contribution in [1.29, 1.82) is 0 Å². The summed E-state index contributed by atoms with van der Waals surface area (Å²) in [5.41, 5.74) is 0. The van der Waals surface area contributed by atoms with E-state index in [2.05, 4.69) is 10.0 Å². The fourth-order valence-electron chi connectivity index (χ4n) is 1.65. The molecule has 0 unspecified atom stereocenters. The lowest BCUT2D eigenvalue weighted by molar-refractivity contribution is 0.445. The van der Waals surface area contributed by atoms with Gasteiger partial charge in [-0.2, -0.15) is 24.5 Å². The van der Waals surface area contributed by atoms with Gasteiger partial charge in [-0.05, 0) is 38.6 Å². The Morgan fingerprint density at radius 2 is 2.06 bits per heavy atom. The van der Waals surface area contributed by atoms with Crippen molar-refractivity contribution in [2.75, 3.05) is 39.5 Å². The molecule has 5 nitrogen and oxygen atoms in total. The highest BCUT2D eigenvalue weighted by Crippen LogP contribution is 2.46. The molecule has 0 radical (unpaired) electrons. The molecule has 1 aliphatic rings. The predicted octanol–water partition coefficient (Wildman–Crippen LogP) is 0.648. The summed E-state index contributed by atoms with van der Waals surface area (Å²) >= 11 is 1.76. The summed E-state index contributed by atoms with van der Waals surface area (Å²) in [6.07, 6.45) is 5.10. The van der Waals surface area contributed by atoms with Crippen LogP contribution < -0.4 is 10.0 Å². The molecule has 1 fully saturated rings. The Hall–Kier alpha value is 0.180. The second kappa shape index (κ2) is 7.09. The average Bonchev–Trinajstić information content (AvgIpc) is 3.13. The van der Waals surface area contributed by atoms with Crippen LogP contribution in [0, 0.1) is 0 Å². The monoisotopic (exact) mass is 295 g/mol. The van der Waals surface area contributed by atoms with Gasteiger partial charge in [-0.25, -0.2) is 4.72 Å². The lowest BCUT2D eigenvalue weighted by Gasteiger charge is -2.20. The van der Waals surface area contributed by atoms with Crippen LogP contribution in [0.3, 0.4) is 0 Å². The SMILES string of the molecule is CCNCCCN(C)S(=O)(=O)NCC1(SC)CC1. The molecule has 1 rings (SSSR count). The molecule has 1 saturated carbocycles. The smallest absolute Gasteiger partial charge is 0.279 e. The van der Waals surface area contributed by atoms with E-state index in [0.29, 0.717) is 13.1 Å². The molecule has 108 valence electrons. The first kappa shape index (κ1) is 16.2. The topological polar surface area (TPSA) is 61.4 Å².